The maximum Gasteiger partial charge on any atom is 0.0824 e. The number of halogens is 1. The molecule has 0 bridgehead atoms. The lowest BCUT2D eigenvalue weighted by molar-refractivity contribution is 0.0767. The summed E-state index contributed by atoms with van der Waals surface area (Å²) in [5.74, 6) is 1.23. The van der Waals surface area contributed by atoms with Crippen molar-refractivity contribution in [2.75, 3.05) is 0 Å². The van der Waals surface area contributed by atoms with Crippen LogP contribution in [0, 0.1) is 11.8 Å². The van der Waals surface area contributed by atoms with Crippen molar-refractivity contribution < 1.29 is 5.11 Å². The smallest absolute Gasteiger partial charge is 0.0824 e. The Hall–Kier alpha value is -0.860. The lowest BCUT2D eigenvalue weighted by Crippen LogP contribution is -2.19. The molecule has 1 saturated carbocycles. The van der Waals surface area contributed by atoms with Gasteiger partial charge in [-0.2, -0.15) is 0 Å². The van der Waals surface area contributed by atoms with E-state index < -0.39 is 0 Å². The van der Waals surface area contributed by atoms with Gasteiger partial charge in [-0.25, -0.2) is 0 Å². The van der Waals surface area contributed by atoms with Gasteiger partial charge in [0.2, 0.25) is 0 Å². The highest BCUT2D eigenvalue weighted by Crippen LogP contribution is 2.39. The molecule has 0 radical (unpaired) electrons. The minimum Gasteiger partial charge on any atom is -0.388 e. The van der Waals surface area contributed by atoms with Gasteiger partial charge in [0.05, 0.1) is 6.10 Å². The SMILES string of the molecule is CC1CCC(C(O)c2ccc(Br)c3ccccc23)CC1. The number of hydrogen-bond acceptors (Lipinski definition) is 1. The Labute approximate surface area is 129 Å². The Kier molecular flexibility index (Phi) is 4.13. The van der Waals surface area contributed by atoms with Crippen LogP contribution in [-0.2, 0) is 0 Å². The molecule has 2 aromatic carbocycles. The first-order valence-electron chi connectivity index (χ1n) is 7.52. The summed E-state index contributed by atoms with van der Waals surface area (Å²) >= 11 is 3.60. The lowest BCUT2D eigenvalue weighted by Gasteiger charge is -2.30. The summed E-state index contributed by atoms with van der Waals surface area (Å²) in [6.45, 7) is 2.32. The first kappa shape index (κ1) is 14.1. The molecule has 1 atom stereocenters. The van der Waals surface area contributed by atoms with Crippen LogP contribution >= 0.6 is 15.9 Å². The van der Waals surface area contributed by atoms with Gasteiger partial charge in [-0.15, -0.1) is 0 Å². The van der Waals surface area contributed by atoms with Gasteiger partial charge in [0, 0.05) is 4.47 Å². The van der Waals surface area contributed by atoms with Crippen LogP contribution in [0.4, 0.5) is 0 Å². The summed E-state index contributed by atoms with van der Waals surface area (Å²) in [4.78, 5) is 0. The zero-order valence-corrected chi connectivity index (χ0v) is 13.4. The third-order valence-corrected chi connectivity index (χ3v) is 5.42. The van der Waals surface area contributed by atoms with Gasteiger partial charge < -0.3 is 5.11 Å². The van der Waals surface area contributed by atoms with Crippen LogP contribution in [0.15, 0.2) is 40.9 Å². The Morgan fingerprint density at radius 3 is 2.35 bits per heavy atom. The summed E-state index contributed by atoms with van der Waals surface area (Å²) in [7, 11) is 0. The molecule has 1 aliphatic rings. The van der Waals surface area contributed by atoms with Gasteiger partial charge in [-0.05, 0) is 47.1 Å². The number of benzene rings is 2. The van der Waals surface area contributed by atoms with Crippen molar-refractivity contribution in [2.24, 2.45) is 11.8 Å². The number of rotatable bonds is 2. The number of aliphatic hydroxyl groups is 1. The molecule has 1 aliphatic carbocycles. The van der Waals surface area contributed by atoms with Gasteiger partial charge in [0.25, 0.3) is 0 Å². The van der Waals surface area contributed by atoms with Gasteiger partial charge in [-0.1, -0.05) is 66.0 Å². The van der Waals surface area contributed by atoms with E-state index in [1.807, 2.05) is 12.1 Å². The molecule has 1 nitrogen and oxygen atoms in total. The van der Waals surface area contributed by atoms with Crippen molar-refractivity contribution in [1.82, 2.24) is 0 Å². The van der Waals surface area contributed by atoms with Crippen LogP contribution in [0.1, 0.15) is 44.3 Å². The molecule has 0 saturated heterocycles. The van der Waals surface area contributed by atoms with Crippen molar-refractivity contribution >= 4 is 26.7 Å². The Morgan fingerprint density at radius 2 is 1.65 bits per heavy atom. The lowest BCUT2D eigenvalue weighted by atomic mass is 9.78. The van der Waals surface area contributed by atoms with Crippen molar-refractivity contribution in [1.29, 1.82) is 0 Å². The zero-order chi connectivity index (χ0) is 14.1. The van der Waals surface area contributed by atoms with Gasteiger partial charge in [0.15, 0.2) is 0 Å². The van der Waals surface area contributed by atoms with E-state index in [0.29, 0.717) is 5.92 Å². The van der Waals surface area contributed by atoms with Crippen molar-refractivity contribution in [3.05, 3.63) is 46.4 Å². The summed E-state index contributed by atoms with van der Waals surface area (Å²) < 4.78 is 1.10. The highest BCUT2D eigenvalue weighted by atomic mass is 79.9. The second-order valence-electron chi connectivity index (χ2n) is 6.15. The fourth-order valence-electron chi connectivity index (χ4n) is 3.40. The van der Waals surface area contributed by atoms with Crippen LogP contribution < -0.4 is 0 Å². The zero-order valence-electron chi connectivity index (χ0n) is 11.8. The third kappa shape index (κ3) is 2.64. The minimum absolute atomic E-state index is 0.333. The van der Waals surface area contributed by atoms with Crippen LogP contribution in [0.3, 0.4) is 0 Å². The molecule has 3 rings (SSSR count). The Bertz CT molecular complexity index is 599. The third-order valence-electron chi connectivity index (χ3n) is 4.73. The van der Waals surface area contributed by atoms with E-state index in [9.17, 15) is 5.11 Å². The first-order chi connectivity index (χ1) is 9.66. The highest BCUT2D eigenvalue weighted by molar-refractivity contribution is 9.10. The van der Waals surface area contributed by atoms with Gasteiger partial charge in [0.1, 0.15) is 0 Å². The predicted molar refractivity (Wildman–Crippen MR) is 87.7 cm³/mol. The van der Waals surface area contributed by atoms with E-state index in [4.69, 9.17) is 0 Å². The first-order valence-corrected chi connectivity index (χ1v) is 8.31. The Morgan fingerprint density at radius 1 is 1.00 bits per heavy atom. The van der Waals surface area contributed by atoms with E-state index in [2.05, 4.69) is 47.1 Å². The molecular weight excluding hydrogens is 312 g/mol. The van der Waals surface area contributed by atoms with Crippen molar-refractivity contribution in [3.8, 4) is 0 Å². The summed E-state index contributed by atoms with van der Waals surface area (Å²) in [6.07, 6.45) is 4.45. The molecule has 1 fully saturated rings. The van der Waals surface area contributed by atoms with Crippen LogP contribution in [0.2, 0.25) is 0 Å². The molecule has 0 amide bonds. The van der Waals surface area contributed by atoms with E-state index in [1.165, 1.54) is 23.6 Å². The molecule has 1 unspecified atom stereocenters. The molecule has 20 heavy (non-hydrogen) atoms. The van der Waals surface area contributed by atoms with E-state index >= 15 is 0 Å². The molecule has 2 aromatic rings. The summed E-state index contributed by atoms with van der Waals surface area (Å²) in [5.41, 5.74) is 1.09. The molecule has 1 N–H and O–H groups in total. The van der Waals surface area contributed by atoms with Gasteiger partial charge in [-0.3, -0.25) is 0 Å². The molecule has 0 aliphatic heterocycles. The van der Waals surface area contributed by atoms with Crippen LogP contribution in [-0.4, -0.2) is 5.11 Å². The normalized spacial score (nSPS) is 24.8. The average molecular weight is 333 g/mol. The maximum atomic E-state index is 10.8. The van der Waals surface area contributed by atoms with Crippen molar-refractivity contribution in [3.63, 3.8) is 0 Å². The second kappa shape index (κ2) is 5.87. The fraction of sp³-hybridized carbons (Fsp3) is 0.444. The van der Waals surface area contributed by atoms with Gasteiger partial charge >= 0.3 is 0 Å². The number of hydrogen-bond donors (Lipinski definition) is 1. The van der Waals surface area contributed by atoms with E-state index in [0.717, 1.165) is 28.8 Å². The Balaban J connectivity index is 1.95. The average Bonchev–Trinajstić information content (AvgIpc) is 2.48. The minimum atomic E-state index is -0.333. The largest absolute Gasteiger partial charge is 0.388 e. The fourth-order valence-corrected chi connectivity index (χ4v) is 3.88. The number of aliphatic hydroxyl groups excluding tert-OH is 1. The quantitative estimate of drug-likeness (QED) is 0.773. The summed E-state index contributed by atoms with van der Waals surface area (Å²) in [5, 5.41) is 13.2. The predicted octanol–water partition coefficient (Wildman–Crippen LogP) is 5.46. The van der Waals surface area contributed by atoms with Crippen LogP contribution in [0.5, 0.6) is 0 Å². The van der Waals surface area contributed by atoms with Crippen molar-refractivity contribution in [2.45, 2.75) is 38.7 Å². The highest BCUT2D eigenvalue weighted by Gasteiger charge is 2.26. The molecule has 0 heterocycles. The topological polar surface area (TPSA) is 20.2 Å². The molecule has 106 valence electrons. The van der Waals surface area contributed by atoms with E-state index in [1.54, 1.807) is 0 Å². The van der Waals surface area contributed by atoms with E-state index in [-0.39, 0.29) is 6.10 Å². The molecule has 0 spiro atoms. The maximum absolute atomic E-state index is 10.8. The molecular formula is C18H21BrO. The number of fused-ring (bicyclic) bond motifs is 1. The monoisotopic (exact) mass is 332 g/mol. The summed E-state index contributed by atoms with van der Waals surface area (Å²) in [6, 6.07) is 12.5. The molecule has 0 aromatic heterocycles. The standard InChI is InChI=1S/C18H21BrO/c1-12-6-8-13(9-7-12)18(20)16-10-11-17(19)15-5-3-2-4-14(15)16/h2-5,10-13,18,20H,6-9H2,1H3. The molecule has 2 heteroatoms. The second-order valence-corrected chi connectivity index (χ2v) is 7.00. The van der Waals surface area contributed by atoms with Crippen LogP contribution in [0.25, 0.3) is 10.8 Å².